The SMILES string of the molecule is CO[C@H](C(=O)OCc1nc(-c2ccccc2)oc1C)c1ccccc1. The molecule has 1 heterocycles. The molecule has 1 atom stereocenters. The highest BCUT2D eigenvalue weighted by Crippen LogP contribution is 2.23. The maximum atomic E-state index is 12.3. The number of oxazole rings is 1. The fourth-order valence-electron chi connectivity index (χ4n) is 2.48. The second kappa shape index (κ2) is 7.77. The van der Waals surface area contributed by atoms with Crippen LogP contribution in [0.3, 0.4) is 0 Å². The summed E-state index contributed by atoms with van der Waals surface area (Å²) >= 11 is 0. The number of aromatic nitrogens is 1. The lowest BCUT2D eigenvalue weighted by atomic mass is 10.1. The van der Waals surface area contributed by atoms with E-state index in [0.29, 0.717) is 17.3 Å². The molecule has 0 amide bonds. The summed E-state index contributed by atoms with van der Waals surface area (Å²) in [5.74, 6) is 0.674. The highest BCUT2D eigenvalue weighted by atomic mass is 16.6. The number of nitrogens with zero attached hydrogens (tertiary/aromatic N) is 1. The average Bonchev–Trinajstić information content (AvgIpc) is 3.03. The van der Waals surface area contributed by atoms with Gasteiger partial charge in [0.25, 0.3) is 0 Å². The highest BCUT2D eigenvalue weighted by Gasteiger charge is 2.22. The third kappa shape index (κ3) is 3.95. The maximum Gasteiger partial charge on any atom is 0.340 e. The average molecular weight is 337 g/mol. The van der Waals surface area contributed by atoms with Gasteiger partial charge in [-0.15, -0.1) is 0 Å². The van der Waals surface area contributed by atoms with E-state index in [1.54, 1.807) is 6.92 Å². The molecule has 0 aliphatic heterocycles. The number of ether oxygens (including phenoxy) is 2. The molecule has 2 aromatic carbocycles. The molecule has 3 aromatic rings. The van der Waals surface area contributed by atoms with Crippen LogP contribution in [-0.4, -0.2) is 18.1 Å². The number of benzene rings is 2. The molecule has 25 heavy (non-hydrogen) atoms. The van der Waals surface area contributed by atoms with Crippen molar-refractivity contribution in [2.75, 3.05) is 7.11 Å². The van der Waals surface area contributed by atoms with Crippen LogP contribution in [0.1, 0.15) is 23.1 Å². The van der Waals surface area contributed by atoms with Gasteiger partial charge in [0.15, 0.2) is 6.10 Å². The molecular weight excluding hydrogens is 318 g/mol. The number of carbonyl (C=O) groups excluding carboxylic acids is 1. The molecule has 0 N–H and O–H groups in total. The Kier molecular flexibility index (Phi) is 5.26. The monoisotopic (exact) mass is 337 g/mol. The minimum absolute atomic E-state index is 0.0354. The summed E-state index contributed by atoms with van der Waals surface area (Å²) in [5.41, 5.74) is 2.22. The van der Waals surface area contributed by atoms with Gasteiger partial charge in [-0.25, -0.2) is 9.78 Å². The van der Waals surface area contributed by atoms with Crippen molar-refractivity contribution in [3.63, 3.8) is 0 Å². The summed E-state index contributed by atoms with van der Waals surface area (Å²) < 4.78 is 16.3. The molecule has 0 bridgehead atoms. The number of hydrogen-bond donors (Lipinski definition) is 0. The second-order valence-corrected chi connectivity index (χ2v) is 5.52. The van der Waals surface area contributed by atoms with Crippen LogP contribution in [-0.2, 0) is 20.9 Å². The lowest BCUT2D eigenvalue weighted by Gasteiger charge is -2.14. The van der Waals surface area contributed by atoms with Crippen LogP contribution in [0.25, 0.3) is 11.5 Å². The molecule has 0 saturated carbocycles. The van der Waals surface area contributed by atoms with E-state index in [1.807, 2.05) is 60.7 Å². The standard InChI is InChI=1S/C20H19NO4/c1-14-17(21-19(25-14)16-11-7-4-8-12-16)13-24-20(22)18(23-2)15-9-5-3-6-10-15/h3-12,18H,13H2,1-2H3/t18-/m0/s1. The predicted molar refractivity (Wildman–Crippen MR) is 92.7 cm³/mol. The topological polar surface area (TPSA) is 61.6 Å². The Labute approximate surface area is 146 Å². The van der Waals surface area contributed by atoms with Crippen molar-refractivity contribution in [3.8, 4) is 11.5 Å². The van der Waals surface area contributed by atoms with Gasteiger partial charge >= 0.3 is 5.97 Å². The van der Waals surface area contributed by atoms with Gasteiger partial charge in [0.1, 0.15) is 18.1 Å². The minimum Gasteiger partial charge on any atom is -0.457 e. The first-order chi connectivity index (χ1) is 12.2. The molecule has 3 rings (SSSR count). The predicted octanol–water partition coefficient (Wildman–Crippen LogP) is 4.08. The van der Waals surface area contributed by atoms with E-state index in [2.05, 4.69) is 4.98 Å². The van der Waals surface area contributed by atoms with E-state index in [9.17, 15) is 4.79 Å². The summed E-state index contributed by atoms with van der Waals surface area (Å²) in [7, 11) is 1.48. The molecule has 1 aromatic heterocycles. The van der Waals surface area contributed by atoms with Crippen LogP contribution in [0.2, 0.25) is 0 Å². The summed E-state index contributed by atoms with van der Waals surface area (Å²) in [6.45, 7) is 1.83. The quantitative estimate of drug-likeness (QED) is 0.634. The van der Waals surface area contributed by atoms with Crippen LogP contribution in [0.15, 0.2) is 65.1 Å². The van der Waals surface area contributed by atoms with Gasteiger partial charge in [0.2, 0.25) is 5.89 Å². The Bertz CT molecular complexity index is 827. The van der Waals surface area contributed by atoms with Gasteiger partial charge in [0, 0.05) is 12.7 Å². The Morgan fingerprint density at radius 3 is 2.36 bits per heavy atom. The fourth-order valence-corrected chi connectivity index (χ4v) is 2.48. The number of aryl methyl sites for hydroxylation is 1. The van der Waals surface area contributed by atoms with Crippen molar-refractivity contribution in [3.05, 3.63) is 77.7 Å². The fraction of sp³-hybridized carbons (Fsp3) is 0.200. The molecule has 0 saturated heterocycles. The van der Waals surface area contributed by atoms with Gasteiger partial charge < -0.3 is 13.9 Å². The Morgan fingerprint density at radius 2 is 1.72 bits per heavy atom. The Morgan fingerprint density at radius 1 is 1.08 bits per heavy atom. The largest absolute Gasteiger partial charge is 0.457 e. The smallest absolute Gasteiger partial charge is 0.340 e. The summed E-state index contributed by atoms with van der Waals surface area (Å²) in [6.07, 6.45) is -0.762. The molecule has 0 spiro atoms. The Balaban J connectivity index is 1.69. The normalized spacial score (nSPS) is 11.9. The number of hydrogen-bond acceptors (Lipinski definition) is 5. The van der Waals surface area contributed by atoms with Crippen LogP contribution in [0, 0.1) is 6.92 Å². The van der Waals surface area contributed by atoms with E-state index in [4.69, 9.17) is 13.9 Å². The zero-order valence-corrected chi connectivity index (χ0v) is 14.1. The number of carbonyl (C=O) groups is 1. The van der Waals surface area contributed by atoms with Gasteiger partial charge in [-0.1, -0.05) is 48.5 Å². The molecule has 0 aliphatic rings. The van der Waals surface area contributed by atoms with Crippen molar-refractivity contribution in [1.82, 2.24) is 4.98 Å². The molecule has 128 valence electrons. The van der Waals surface area contributed by atoms with E-state index in [-0.39, 0.29) is 6.61 Å². The van der Waals surface area contributed by atoms with E-state index in [0.717, 1.165) is 11.1 Å². The van der Waals surface area contributed by atoms with Crippen molar-refractivity contribution < 1.29 is 18.7 Å². The summed E-state index contributed by atoms with van der Waals surface area (Å²) in [6, 6.07) is 18.8. The molecule has 0 radical (unpaired) electrons. The third-order valence-electron chi connectivity index (χ3n) is 3.82. The zero-order valence-electron chi connectivity index (χ0n) is 14.1. The van der Waals surface area contributed by atoms with Gasteiger partial charge in [-0.3, -0.25) is 0 Å². The van der Waals surface area contributed by atoms with E-state index in [1.165, 1.54) is 7.11 Å². The zero-order chi connectivity index (χ0) is 17.6. The molecule has 0 fully saturated rings. The molecular formula is C20H19NO4. The number of rotatable bonds is 6. The molecule has 0 unspecified atom stereocenters. The third-order valence-corrected chi connectivity index (χ3v) is 3.82. The van der Waals surface area contributed by atoms with Crippen molar-refractivity contribution in [2.45, 2.75) is 19.6 Å². The summed E-state index contributed by atoms with van der Waals surface area (Å²) in [4.78, 5) is 16.8. The lowest BCUT2D eigenvalue weighted by Crippen LogP contribution is -2.17. The second-order valence-electron chi connectivity index (χ2n) is 5.52. The van der Waals surface area contributed by atoms with Crippen molar-refractivity contribution in [1.29, 1.82) is 0 Å². The maximum absolute atomic E-state index is 12.3. The van der Waals surface area contributed by atoms with Gasteiger partial charge in [-0.05, 0) is 24.6 Å². The Hall–Kier alpha value is -2.92. The van der Waals surface area contributed by atoms with Gasteiger partial charge in [0.05, 0.1) is 0 Å². The lowest BCUT2D eigenvalue weighted by molar-refractivity contribution is -0.157. The van der Waals surface area contributed by atoms with Crippen LogP contribution in [0.4, 0.5) is 0 Å². The molecule has 0 aliphatic carbocycles. The molecule has 5 heteroatoms. The van der Waals surface area contributed by atoms with E-state index < -0.39 is 12.1 Å². The first kappa shape index (κ1) is 16.9. The highest BCUT2D eigenvalue weighted by molar-refractivity contribution is 5.76. The summed E-state index contributed by atoms with van der Waals surface area (Å²) in [5, 5.41) is 0. The first-order valence-corrected chi connectivity index (χ1v) is 7.95. The van der Waals surface area contributed by atoms with Crippen LogP contribution in [0.5, 0.6) is 0 Å². The van der Waals surface area contributed by atoms with Crippen molar-refractivity contribution >= 4 is 5.97 Å². The number of methoxy groups -OCH3 is 1. The van der Waals surface area contributed by atoms with Crippen LogP contribution >= 0.6 is 0 Å². The molecule has 5 nitrogen and oxygen atoms in total. The minimum atomic E-state index is -0.762. The first-order valence-electron chi connectivity index (χ1n) is 7.95. The van der Waals surface area contributed by atoms with E-state index >= 15 is 0 Å². The number of esters is 1. The van der Waals surface area contributed by atoms with Gasteiger partial charge in [-0.2, -0.15) is 0 Å². The van der Waals surface area contributed by atoms with Crippen LogP contribution < -0.4 is 0 Å². The van der Waals surface area contributed by atoms with Crippen molar-refractivity contribution in [2.24, 2.45) is 0 Å².